The monoisotopic (exact) mass is 313 g/mol. The van der Waals surface area contributed by atoms with Gasteiger partial charge in [-0.05, 0) is 7.05 Å². The molecule has 0 N–H and O–H groups in total. The zero-order valence-electron chi connectivity index (χ0n) is 12.1. The molecule has 0 spiro atoms. The van der Waals surface area contributed by atoms with Gasteiger partial charge in [0.15, 0.2) is 0 Å². The largest absolute Gasteiger partial charge is 0.509 e. The SMILES string of the molecule is COc1nc(C([N+](=O)[O-])[N+](=O)[O-])nc(N2CCN(C)CC2)n1. The number of likely N-dealkylation sites (N-methyl/N-ethyl adjacent to an activating group) is 1. The first-order valence-corrected chi connectivity index (χ1v) is 6.43. The molecule has 0 radical (unpaired) electrons. The molecule has 22 heavy (non-hydrogen) atoms. The molecule has 0 bridgehead atoms. The minimum Gasteiger partial charge on any atom is -0.467 e. The van der Waals surface area contributed by atoms with Crippen LogP contribution in [-0.4, -0.2) is 70.0 Å². The van der Waals surface area contributed by atoms with E-state index in [0.717, 1.165) is 13.1 Å². The highest BCUT2D eigenvalue weighted by molar-refractivity contribution is 5.32. The fourth-order valence-electron chi connectivity index (χ4n) is 1.98. The number of nitrogens with zero attached hydrogens (tertiary/aromatic N) is 7. The summed E-state index contributed by atoms with van der Waals surface area (Å²) in [4.78, 5) is 35.1. The zero-order chi connectivity index (χ0) is 16.3. The van der Waals surface area contributed by atoms with Gasteiger partial charge in [-0.3, -0.25) is 20.2 Å². The van der Waals surface area contributed by atoms with Gasteiger partial charge in [0.1, 0.15) is 9.85 Å². The Morgan fingerprint density at radius 1 is 1.09 bits per heavy atom. The van der Waals surface area contributed by atoms with Gasteiger partial charge in [0, 0.05) is 26.2 Å². The molecule has 1 fully saturated rings. The van der Waals surface area contributed by atoms with Gasteiger partial charge in [-0.1, -0.05) is 0 Å². The number of anilines is 1. The van der Waals surface area contributed by atoms with Crippen LogP contribution < -0.4 is 9.64 Å². The molecular weight excluding hydrogens is 298 g/mol. The first-order chi connectivity index (χ1) is 10.4. The van der Waals surface area contributed by atoms with Crippen LogP contribution in [-0.2, 0) is 0 Å². The summed E-state index contributed by atoms with van der Waals surface area (Å²) in [5.41, 5.74) is 0. The maximum atomic E-state index is 10.9. The zero-order valence-corrected chi connectivity index (χ0v) is 12.1. The van der Waals surface area contributed by atoms with Crippen molar-refractivity contribution in [3.05, 3.63) is 26.1 Å². The first kappa shape index (κ1) is 15.8. The highest BCUT2D eigenvalue weighted by atomic mass is 16.7. The van der Waals surface area contributed by atoms with Crippen molar-refractivity contribution >= 4 is 5.95 Å². The van der Waals surface area contributed by atoms with Gasteiger partial charge in [-0.25, -0.2) is 0 Å². The summed E-state index contributed by atoms with van der Waals surface area (Å²) in [6, 6.07) is -0.187. The third-order valence-electron chi connectivity index (χ3n) is 3.22. The summed E-state index contributed by atoms with van der Waals surface area (Å²) >= 11 is 0. The van der Waals surface area contributed by atoms with Crippen LogP contribution in [0.1, 0.15) is 12.0 Å². The Morgan fingerprint density at radius 2 is 1.68 bits per heavy atom. The highest BCUT2D eigenvalue weighted by Crippen LogP contribution is 2.19. The Kier molecular flexibility index (Phi) is 4.60. The Morgan fingerprint density at radius 3 is 2.18 bits per heavy atom. The average molecular weight is 313 g/mol. The van der Waals surface area contributed by atoms with Crippen molar-refractivity contribution in [1.82, 2.24) is 19.9 Å². The summed E-state index contributed by atoms with van der Waals surface area (Å²) in [7, 11) is 3.24. The maximum Gasteiger partial charge on any atom is 0.509 e. The Hall–Kier alpha value is -2.63. The van der Waals surface area contributed by atoms with Crippen LogP contribution in [0.4, 0.5) is 5.95 Å². The lowest BCUT2D eigenvalue weighted by atomic mass is 10.3. The molecule has 0 saturated carbocycles. The van der Waals surface area contributed by atoms with E-state index in [9.17, 15) is 20.2 Å². The van der Waals surface area contributed by atoms with Crippen LogP contribution >= 0.6 is 0 Å². The smallest absolute Gasteiger partial charge is 0.467 e. The number of rotatable bonds is 5. The summed E-state index contributed by atoms with van der Waals surface area (Å²) in [5.74, 6) is -0.403. The molecule has 1 aliphatic rings. The molecule has 120 valence electrons. The number of piperazine rings is 1. The van der Waals surface area contributed by atoms with Crippen molar-refractivity contribution in [3.63, 3.8) is 0 Å². The molecule has 1 aromatic rings. The van der Waals surface area contributed by atoms with Crippen molar-refractivity contribution in [1.29, 1.82) is 0 Å². The molecular formula is C10H15N7O5. The molecule has 1 aliphatic heterocycles. The second-order valence-corrected chi connectivity index (χ2v) is 4.72. The van der Waals surface area contributed by atoms with E-state index in [1.54, 1.807) is 4.90 Å². The van der Waals surface area contributed by atoms with Crippen LogP contribution in [0.25, 0.3) is 0 Å². The Bertz CT molecular complexity index is 561. The van der Waals surface area contributed by atoms with Crippen LogP contribution in [0, 0.1) is 20.2 Å². The molecule has 1 saturated heterocycles. The van der Waals surface area contributed by atoms with Crippen molar-refractivity contribution in [2.75, 3.05) is 45.2 Å². The van der Waals surface area contributed by atoms with Crippen LogP contribution in [0.15, 0.2) is 0 Å². The molecule has 0 aromatic carbocycles. The summed E-state index contributed by atoms with van der Waals surface area (Å²) in [5, 5.41) is 21.7. The number of hydrogen-bond acceptors (Lipinski definition) is 10. The van der Waals surface area contributed by atoms with Crippen molar-refractivity contribution in [2.24, 2.45) is 0 Å². The predicted octanol–water partition coefficient (Wildman–Crippen LogP) is -0.816. The fourth-order valence-corrected chi connectivity index (χ4v) is 1.98. The molecule has 2 rings (SSSR count). The Labute approximate surface area is 125 Å². The predicted molar refractivity (Wildman–Crippen MR) is 72.8 cm³/mol. The molecule has 12 heteroatoms. The average Bonchev–Trinajstić information content (AvgIpc) is 2.46. The second kappa shape index (κ2) is 6.43. The lowest BCUT2D eigenvalue weighted by Gasteiger charge is -2.32. The van der Waals surface area contributed by atoms with E-state index in [1.807, 2.05) is 7.05 Å². The van der Waals surface area contributed by atoms with E-state index in [4.69, 9.17) is 4.74 Å². The number of ether oxygens (including phenoxy) is 1. The van der Waals surface area contributed by atoms with Crippen LogP contribution in [0.2, 0.25) is 0 Å². The Balaban J connectivity index is 2.37. The third-order valence-corrected chi connectivity index (χ3v) is 3.22. The van der Waals surface area contributed by atoms with E-state index in [1.165, 1.54) is 7.11 Å². The number of methoxy groups -OCH3 is 1. The van der Waals surface area contributed by atoms with Gasteiger partial charge >= 0.3 is 12.2 Å². The van der Waals surface area contributed by atoms with Crippen molar-refractivity contribution < 1.29 is 14.6 Å². The number of aromatic nitrogens is 3. The molecule has 0 unspecified atom stereocenters. The minimum atomic E-state index is -2.25. The van der Waals surface area contributed by atoms with Gasteiger partial charge in [-0.15, -0.1) is 0 Å². The molecule has 12 nitrogen and oxygen atoms in total. The van der Waals surface area contributed by atoms with Crippen LogP contribution in [0.5, 0.6) is 6.01 Å². The molecule has 0 amide bonds. The molecule has 0 atom stereocenters. The third kappa shape index (κ3) is 3.33. The summed E-state index contributed by atoms with van der Waals surface area (Å²) in [6.45, 7) is 2.73. The van der Waals surface area contributed by atoms with Crippen LogP contribution in [0.3, 0.4) is 0 Å². The molecule has 1 aromatic heterocycles. The first-order valence-electron chi connectivity index (χ1n) is 6.43. The number of nitro groups is 2. The quantitative estimate of drug-likeness (QED) is 0.384. The fraction of sp³-hybridized carbons (Fsp3) is 0.700. The normalized spacial score (nSPS) is 15.9. The van der Waals surface area contributed by atoms with E-state index in [2.05, 4.69) is 19.9 Å². The maximum absolute atomic E-state index is 10.9. The van der Waals surface area contributed by atoms with Gasteiger partial charge in [0.05, 0.1) is 7.11 Å². The number of hydrogen-bond donors (Lipinski definition) is 0. The minimum absolute atomic E-state index is 0.142. The lowest BCUT2D eigenvalue weighted by molar-refractivity contribution is -0.754. The topological polar surface area (TPSA) is 141 Å². The van der Waals surface area contributed by atoms with Gasteiger partial charge in [-0.2, -0.15) is 15.0 Å². The van der Waals surface area contributed by atoms with Gasteiger partial charge < -0.3 is 14.5 Å². The van der Waals surface area contributed by atoms with E-state index in [0.29, 0.717) is 13.1 Å². The molecule has 0 aliphatic carbocycles. The van der Waals surface area contributed by atoms with Gasteiger partial charge in [0.2, 0.25) is 5.95 Å². The van der Waals surface area contributed by atoms with Crippen molar-refractivity contribution in [3.8, 4) is 6.01 Å². The molecule has 2 heterocycles. The standard InChI is InChI=1S/C10H15N7O5/c1-14-3-5-15(6-4-14)9-11-7(12-10(13-9)22-2)8(16(18)19)17(20)21/h8H,3-6H2,1-2H3. The summed E-state index contributed by atoms with van der Waals surface area (Å²) < 4.78 is 4.87. The highest BCUT2D eigenvalue weighted by Gasteiger charge is 2.40. The van der Waals surface area contributed by atoms with Crippen molar-refractivity contribution in [2.45, 2.75) is 6.17 Å². The lowest BCUT2D eigenvalue weighted by Crippen LogP contribution is -2.45. The van der Waals surface area contributed by atoms with E-state index >= 15 is 0 Å². The summed E-state index contributed by atoms with van der Waals surface area (Å²) in [6.07, 6.45) is -2.25. The second-order valence-electron chi connectivity index (χ2n) is 4.72. The van der Waals surface area contributed by atoms with Gasteiger partial charge in [0.25, 0.3) is 5.82 Å². The van der Waals surface area contributed by atoms with E-state index < -0.39 is 21.8 Å². The van der Waals surface area contributed by atoms with E-state index in [-0.39, 0.29) is 12.0 Å².